The Hall–Kier alpha value is -1.66. The monoisotopic (exact) mass is 1140 g/mol. The van der Waals surface area contributed by atoms with Gasteiger partial charge in [0.05, 0.1) is 25.4 Å². The van der Waals surface area contributed by atoms with Gasteiger partial charge in [-0.2, -0.15) is 0 Å². The summed E-state index contributed by atoms with van der Waals surface area (Å²) >= 11 is 0. The second-order valence-electron chi connectivity index (χ2n) is 25.6. The number of esters is 1. The van der Waals surface area contributed by atoms with Crippen LogP contribution >= 0.6 is 0 Å². The Labute approximate surface area is 507 Å². The molecule has 0 heterocycles. The van der Waals surface area contributed by atoms with E-state index in [1.165, 1.54) is 353 Å². The highest BCUT2D eigenvalue weighted by Gasteiger charge is 2.18. The number of hydrogen-bond donors (Lipinski definition) is 3. The molecule has 2 unspecified atom stereocenters. The van der Waals surface area contributed by atoms with E-state index in [-0.39, 0.29) is 18.5 Å². The van der Waals surface area contributed by atoms with Crippen LogP contribution in [0.25, 0.3) is 0 Å². The second-order valence-corrected chi connectivity index (χ2v) is 25.6. The van der Waals surface area contributed by atoms with Crippen molar-refractivity contribution in [1.82, 2.24) is 5.32 Å². The van der Waals surface area contributed by atoms with Crippen LogP contribution < -0.4 is 5.32 Å². The van der Waals surface area contributed by atoms with Crippen molar-refractivity contribution in [2.45, 2.75) is 431 Å². The van der Waals surface area contributed by atoms with Gasteiger partial charge in [-0.25, -0.2) is 0 Å². The zero-order chi connectivity index (χ0) is 58.5. The normalized spacial score (nSPS) is 12.6. The molecule has 0 saturated heterocycles. The van der Waals surface area contributed by atoms with E-state index >= 15 is 0 Å². The number of carbonyl (C=O) groups is 2. The van der Waals surface area contributed by atoms with Gasteiger partial charge in [-0.15, -0.1) is 0 Å². The summed E-state index contributed by atoms with van der Waals surface area (Å²) in [5.74, 6) is -0.0401. The van der Waals surface area contributed by atoms with E-state index < -0.39 is 12.1 Å². The molecule has 0 rings (SSSR count). The Balaban J connectivity index is 3.35. The summed E-state index contributed by atoms with van der Waals surface area (Å²) in [6.45, 7) is 4.95. The maximum Gasteiger partial charge on any atom is 0.305 e. The van der Waals surface area contributed by atoms with Crippen LogP contribution in [-0.4, -0.2) is 47.4 Å². The van der Waals surface area contributed by atoms with Crippen LogP contribution in [0.5, 0.6) is 0 Å². The van der Waals surface area contributed by atoms with Crippen LogP contribution in [-0.2, 0) is 14.3 Å². The van der Waals surface area contributed by atoms with E-state index in [2.05, 4.69) is 31.3 Å². The predicted molar refractivity (Wildman–Crippen MR) is 356 cm³/mol. The summed E-state index contributed by atoms with van der Waals surface area (Å²) in [6, 6.07) is -0.626. The van der Waals surface area contributed by atoms with Gasteiger partial charge < -0.3 is 20.3 Å². The molecule has 6 heteroatoms. The number of aliphatic hydroxyl groups excluding tert-OH is 2. The summed E-state index contributed by atoms with van der Waals surface area (Å²) in [7, 11) is 0. The molecule has 1 amide bonds. The highest BCUT2D eigenvalue weighted by atomic mass is 16.5. The quantitative estimate of drug-likeness (QED) is 0.0320. The van der Waals surface area contributed by atoms with Crippen LogP contribution in [0.3, 0.4) is 0 Å². The van der Waals surface area contributed by atoms with Gasteiger partial charge in [-0.3, -0.25) is 9.59 Å². The van der Waals surface area contributed by atoms with Crippen molar-refractivity contribution >= 4 is 11.9 Å². The molecule has 81 heavy (non-hydrogen) atoms. The second kappa shape index (κ2) is 70.8. The molecule has 0 aliphatic carbocycles. The van der Waals surface area contributed by atoms with Gasteiger partial charge >= 0.3 is 5.97 Å². The zero-order valence-corrected chi connectivity index (χ0v) is 55.0. The molecular formula is C75H145NO5. The lowest BCUT2D eigenvalue weighted by Crippen LogP contribution is -2.45. The van der Waals surface area contributed by atoms with Crippen LogP contribution in [0.2, 0.25) is 0 Å². The molecule has 0 aromatic carbocycles. The number of allylic oxidation sites excluding steroid dienone is 3. The minimum absolute atomic E-state index is 0.0222. The first-order chi connectivity index (χ1) is 40.0. The number of ether oxygens (including phenoxy) is 1. The van der Waals surface area contributed by atoms with Gasteiger partial charge in [-0.1, -0.05) is 372 Å². The molecule has 0 aromatic rings. The SMILES string of the molecule is CCCCCCCCCCCCCCCC/C=C/C(O)C(CO)NC(=O)CCCCCCCCCCCCCCCCCC/C=C\CCCCCCCCCCCCCCOC(=O)CCCCCCCCCCCCCCCCCC. The third-order valence-electron chi connectivity index (χ3n) is 17.5. The lowest BCUT2D eigenvalue weighted by atomic mass is 10.0. The van der Waals surface area contributed by atoms with E-state index in [0.717, 1.165) is 38.5 Å². The Morgan fingerprint density at radius 3 is 0.877 bits per heavy atom. The van der Waals surface area contributed by atoms with Crippen molar-refractivity contribution in [1.29, 1.82) is 0 Å². The Kier molecular flexibility index (Phi) is 69.4. The van der Waals surface area contributed by atoms with Crippen LogP contribution in [0.4, 0.5) is 0 Å². The van der Waals surface area contributed by atoms with E-state index in [1.54, 1.807) is 6.08 Å². The Bertz CT molecular complexity index is 1270. The Morgan fingerprint density at radius 2 is 0.580 bits per heavy atom. The topological polar surface area (TPSA) is 95.9 Å². The van der Waals surface area contributed by atoms with Crippen LogP contribution in [0.15, 0.2) is 24.3 Å². The van der Waals surface area contributed by atoms with Gasteiger partial charge in [0.25, 0.3) is 0 Å². The van der Waals surface area contributed by atoms with Gasteiger partial charge in [0.2, 0.25) is 5.91 Å². The number of aliphatic hydroxyl groups is 2. The lowest BCUT2D eigenvalue weighted by Gasteiger charge is -2.20. The molecule has 0 aliphatic heterocycles. The number of nitrogens with one attached hydrogen (secondary N) is 1. The molecule has 0 spiro atoms. The standard InChI is InChI=1S/C75H145NO5/c1-3-5-7-9-11-13-15-17-19-39-43-47-51-55-59-63-67-73(78)72(71-77)76-74(79)68-64-60-56-52-48-44-40-37-35-33-31-29-27-25-23-21-22-24-26-28-30-32-34-36-38-42-46-50-54-58-62-66-70-81-75(80)69-65-61-57-53-49-45-41-20-18-16-14-12-10-8-6-4-2/h24,26,63,67,72-73,77-78H,3-23,25,27-62,64-66,68-71H2,1-2H3,(H,76,79)/b26-24-,67-63+. The molecular weight excluding hydrogens is 995 g/mol. The zero-order valence-electron chi connectivity index (χ0n) is 55.0. The fourth-order valence-corrected chi connectivity index (χ4v) is 11.8. The molecule has 0 saturated carbocycles. The first-order valence-corrected chi connectivity index (χ1v) is 37.1. The van der Waals surface area contributed by atoms with Crippen molar-refractivity contribution < 1.29 is 24.5 Å². The molecule has 0 aliphatic rings. The highest BCUT2D eigenvalue weighted by molar-refractivity contribution is 5.76. The summed E-state index contributed by atoms with van der Waals surface area (Å²) in [6.07, 6.45) is 89.9. The third-order valence-corrected chi connectivity index (χ3v) is 17.5. The van der Waals surface area contributed by atoms with Crippen molar-refractivity contribution in [2.75, 3.05) is 13.2 Å². The molecule has 2 atom stereocenters. The van der Waals surface area contributed by atoms with Gasteiger partial charge in [0.1, 0.15) is 0 Å². The van der Waals surface area contributed by atoms with Gasteiger partial charge in [-0.05, 0) is 57.8 Å². The average Bonchev–Trinajstić information content (AvgIpc) is 3.47. The fourth-order valence-electron chi connectivity index (χ4n) is 11.8. The lowest BCUT2D eigenvalue weighted by molar-refractivity contribution is -0.143. The van der Waals surface area contributed by atoms with E-state index in [1.807, 2.05) is 6.08 Å². The molecule has 0 aromatic heterocycles. The number of amides is 1. The third kappa shape index (κ3) is 67.3. The first-order valence-electron chi connectivity index (χ1n) is 37.1. The molecule has 6 nitrogen and oxygen atoms in total. The average molecular weight is 1140 g/mol. The van der Waals surface area contributed by atoms with E-state index in [0.29, 0.717) is 19.4 Å². The Morgan fingerprint density at radius 1 is 0.333 bits per heavy atom. The fraction of sp³-hybridized carbons (Fsp3) is 0.920. The van der Waals surface area contributed by atoms with Gasteiger partial charge in [0, 0.05) is 12.8 Å². The van der Waals surface area contributed by atoms with Crippen LogP contribution in [0, 0.1) is 0 Å². The number of rotatable bonds is 70. The minimum atomic E-state index is -0.842. The summed E-state index contributed by atoms with van der Waals surface area (Å²) in [5.41, 5.74) is 0. The van der Waals surface area contributed by atoms with E-state index in [4.69, 9.17) is 4.74 Å². The van der Waals surface area contributed by atoms with Gasteiger partial charge in [0.15, 0.2) is 0 Å². The first kappa shape index (κ1) is 79.3. The predicted octanol–water partition coefficient (Wildman–Crippen LogP) is 24.1. The molecule has 480 valence electrons. The molecule has 3 N–H and O–H groups in total. The maximum absolute atomic E-state index is 12.5. The van der Waals surface area contributed by atoms with Crippen molar-refractivity contribution in [3.8, 4) is 0 Å². The number of hydrogen-bond acceptors (Lipinski definition) is 5. The van der Waals surface area contributed by atoms with Crippen molar-refractivity contribution in [3.63, 3.8) is 0 Å². The number of unbranched alkanes of at least 4 members (excludes halogenated alkanes) is 57. The number of carbonyl (C=O) groups excluding carboxylic acids is 2. The van der Waals surface area contributed by atoms with E-state index in [9.17, 15) is 19.8 Å². The largest absolute Gasteiger partial charge is 0.466 e. The molecule has 0 radical (unpaired) electrons. The summed E-state index contributed by atoms with van der Waals surface area (Å²) < 4.78 is 5.51. The summed E-state index contributed by atoms with van der Waals surface area (Å²) in [5, 5.41) is 23.2. The molecule has 0 bridgehead atoms. The maximum atomic E-state index is 12.5. The van der Waals surface area contributed by atoms with Crippen molar-refractivity contribution in [2.24, 2.45) is 0 Å². The smallest absolute Gasteiger partial charge is 0.305 e. The summed E-state index contributed by atoms with van der Waals surface area (Å²) in [4.78, 5) is 24.6. The molecule has 0 fully saturated rings. The highest BCUT2D eigenvalue weighted by Crippen LogP contribution is 2.19. The van der Waals surface area contributed by atoms with Crippen LogP contribution in [0.1, 0.15) is 418 Å². The van der Waals surface area contributed by atoms with Crippen molar-refractivity contribution in [3.05, 3.63) is 24.3 Å². The minimum Gasteiger partial charge on any atom is -0.466 e.